The Balaban J connectivity index is 1.43. The molecule has 2 aromatic rings. The van der Waals surface area contributed by atoms with Crippen molar-refractivity contribution in [2.45, 2.75) is 31.7 Å². The summed E-state index contributed by atoms with van der Waals surface area (Å²) in [5.74, 6) is -0.233. The van der Waals surface area contributed by atoms with Gasteiger partial charge in [0.25, 0.3) is 0 Å². The Bertz CT molecular complexity index is 1090. The molecule has 1 amide bonds. The third kappa shape index (κ3) is 4.25. The Morgan fingerprint density at radius 3 is 2.60 bits per heavy atom. The van der Waals surface area contributed by atoms with Gasteiger partial charge in [0.05, 0.1) is 45.3 Å². The molecule has 3 aliphatic rings. The number of carbonyl (C=O) groups excluding carboxylic acids is 2. The van der Waals surface area contributed by atoms with Crippen LogP contribution in [0.2, 0.25) is 0 Å². The molecule has 3 fully saturated rings. The Morgan fingerprint density at radius 1 is 1.09 bits per heavy atom. The molecule has 0 aromatic heterocycles. The highest BCUT2D eigenvalue weighted by atomic mass is 16.6. The smallest absolute Gasteiger partial charge is 0.312 e. The van der Waals surface area contributed by atoms with E-state index in [0.717, 1.165) is 12.1 Å². The summed E-state index contributed by atoms with van der Waals surface area (Å²) in [7, 11) is 3.21. The zero-order chi connectivity index (χ0) is 24.6. The minimum atomic E-state index is -0.744. The SMILES string of the molecule is CCOC(=O)[C@@H]1[C@@H]2CN(Cc3ccccc3)C[C@]3(CN(Cc4ccc(OC)cc4OC)C(=O)[C@H]13)O2. The molecule has 3 heterocycles. The first kappa shape index (κ1) is 23.6. The number of morpholine rings is 1. The topological polar surface area (TPSA) is 77.5 Å². The number of ether oxygens (including phenoxy) is 4. The second-order valence-electron chi connectivity index (χ2n) is 9.50. The van der Waals surface area contributed by atoms with Gasteiger partial charge in [-0.1, -0.05) is 30.3 Å². The van der Waals surface area contributed by atoms with Crippen molar-refractivity contribution in [3.8, 4) is 11.5 Å². The summed E-state index contributed by atoms with van der Waals surface area (Å²) in [5.41, 5.74) is 1.32. The predicted molar refractivity (Wildman–Crippen MR) is 128 cm³/mol. The molecule has 5 rings (SSSR count). The minimum absolute atomic E-state index is 0.0648. The normalized spacial score (nSPS) is 27.6. The lowest BCUT2D eigenvalue weighted by Crippen LogP contribution is -2.53. The molecule has 0 aliphatic carbocycles. The first-order valence-corrected chi connectivity index (χ1v) is 12.1. The molecule has 2 aromatic carbocycles. The van der Waals surface area contributed by atoms with E-state index in [-0.39, 0.29) is 24.6 Å². The molecule has 1 spiro atoms. The van der Waals surface area contributed by atoms with Gasteiger partial charge in [-0.15, -0.1) is 0 Å². The van der Waals surface area contributed by atoms with E-state index >= 15 is 0 Å². The van der Waals surface area contributed by atoms with Gasteiger partial charge in [-0.2, -0.15) is 0 Å². The number of amides is 1. The number of rotatable bonds is 8. The van der Waals surface area contributed by atoms with Crippen LogP contribution in [0.4, 0.5) is 0 Å². The molecule has 3 saturated heterocycles. The summed E-state index contributed by atoms with van der Waals surface area (Å²) in [6.07, 6.45) is -0.363. The van der Waals surface area contributed by atoms with Crippen LogP contribution in [0.15, 0.2) is 48.5 Å². The molecule has 0 N–H and O–H groups in total. The number of carbonyl (C=O) groups is 2. The second kappa shape index (κ2) is 9.51. The number of fused-ring (bicyclic) bond motifs is 1. The van der Waals surface area contributed by atoms with E-state index in [1.807, 2.05) is 36.4 Å². The molecule has 8 heteroatoms. The van der Waals surface area contributed by atoms with Crippen LogP contribution in [-0.4, -0.2) is 73.8 Å². The van der Waals surface area contributed by atoms with Crippen molar-refractivity contribution in [2.24, 2.45) is 11.8 Å². The zero-order valence-electron chi connectivity index (χ0n) is 20.4. The molecule has 0 saturated carbocycles. The van der Waals surface area contributed by atoms with Crippen LogP contribution < -0.4 is 9.47 Å². The van der Waals surface area contributed by atoms with Gasteiger partial charge in [0.1, 0.15) is 17.1 Å². The van der Waals surface area contributed by atoms with E-state index in [4.69, 9.17) is 18.9 Å². The number of likely N-dealkylation sites (tertiary alicyclic amines) is 2. The fourth-order valence-corrected chi connectivity index (χ4v) is 5.95. The largest absolute Gasteiger partial charge is 0.497 e. The zero-order valence-corrected chi connectivity index (χ0v) is 20.4. The van der Waals surface area contributed by atoms with E-state index in [2.05, 4.69) is 17.0 Å². The standard InChI is InChI=1S/C27H32N2O6/c1-4-34-26(31)23-22-15-28(13-18-8-6-5-7-9-18)16-27(35-22)17-29(25(30)24(23)27)14-19-10-11-20(32-2)12-21(19)33-3/h5-12,22-24H,4,13-17H2,1-3H3/t22-,23+,24-,27+/m0/s1. The second-order valence-corrected chi connectivity index (χ2v) is 9.50. The van der Waals surface area contributed by atoms with Gasteiger partial charge >= 0.3 is 5.97 Å². The lowest BCUT2D eigenvalue weighted by atomic mass is 9.82. The molecular weight excluding hydrogens is 448 g/mol. The van der Waals surface area contributed by atoms with Crippen molar-refractivity contribution in [3.63, 3.8) is 0 Å². The summed E-state index contributed by atoms with van der Waals surface area (Å²) >= 11 is 0. The highest BCUT2D eigenvalue weighted by Gasteiger charge is 2.68. The van der Waals surface area contributed by atoms with Crippen molar-refractivity contribution in [2.75, 3.05) is 40.5 Å². The van der Waals surface area contributed by atoms with E-state index in [9.17, 15) is 9.59 Å². The number of hydrogen-bond donors (Lipinski definition) is 0. The molecule has 4 atom stereocenters. The Hall–Kier alpha value is -3.10. The molecule has 3 aliphatic heterocycles. The van der Waals surface area contributed by atoms with Crippen molar-refractivity contribution >= 4 is 11.9 Å². The van der Waals surface area contributed by atoms with Crippen molar-refractivity contribution < 1.29 is 28.5 Å². The van der Waals surface area contributed by atoms with Gasteiger partial charge < -0.3 is 23.8 Å². The molecule has 0 unspecified atom stereocenters. The molecular formula is C27H32N2O6. The number of esters is 1. The van der Waals surface area contributed by atoms with E-state index in [1.165, 1.54) is 5.56 Å². The van der Waals surface area contributed by atoms with Gasteiger partial charge in [-0.05, 0) is 24.6 Å². The number of hydrogen-bond acceptors (Lipinski definition) is 7. The number of nitrogens with zero attached hydrogens (tertiary/aromatic N) is 2. The predicted octanol–water partition coefficient (Wildman–Crippen LogP) is 2.49. The van der Waals surface area contributed by atoms with Gasteiger partial charge in [0.15, 0.2) is 0 Å². The highest BCUT2D eigenvalue weighted by Crippen LogP contribution is 2.51. The Labute approximate surface area is 205 Å². The quantitative estimate of drug-likeness (QED) is 0.538. The lowest BCUT2D eigenvalue weighted by Gasteiger charge is -2.40. The third-order valence-electron chi connectivity index (χ3n) is 7.34. The summed E-state index contributed by atoms with van der Waals surface area (Å²) in [4.78, 5) is 30.9. The summed E-state index contributed by atoms with van der Waals surface area (Å²) in [5, 5.41) is 0. The molecule has 0 radical (unpaired) electrons. The van der Waals surface area contributed by atoms with Gasteiger partial charge in [-0.25, -0.2) is 0 Å². The average molecular weight is 481 g/mol. The molecule has 2 bridgehead atoms. The lowest BCUT2D eigenvalue weighted by molar-refractivity contribution is -0.156. The highest BCUT2D eigenvalue weighted by molar-refractivity contribution is 5.90. The molecule has 8 nitrogen and oxygen atoms in total. The summed E-state index contributed by atoms with van der Waals surface area (Å²) in [6, 6.07) is 15.8. The van der Waals surface area contributed by atoms with Crippen LogP contribution in [0.25, 0.3) is 0 Å². The van der Waals surface area contributed by atoms with Gasteiger partial charge in [0, 0.05) is 37.8 Å². The first-order chi connectivity index (χ1) is 17.0. The number of benzene rings is 2. The van der Waals surface area contributed by atoms with Crippen LogP contribution in [0.1, 0.15) is 18.1 Å². The minimum Gasteiger partial charge on any atom is -0.497 e. The van der Waals surface area contributed by atoms with Crippen LogP contribution in [0.3, 0.4) is 0 Å². The average Bonchev–Trinajstić information content (AvgIpc) is 3.24. The monoisotopic (exact) mass is 480 g/mol. The van der Waals surface area contributed by atoms with Gasteiger partial charge in [0.2, 0.25) is 5.91 Å². The fraction of sp³-hybridized carbons (Fsp3) is 0.481. The first-order valence-electron chi connectivity index (χ1n) is 12.1. The van der Waals surface area contributed by atoms with Crippen LogP contribution in [0.5, 0.6) is 11.5 Å². The Kier molecular flexibility index (Phi) is 6.42. The van der Waals surface area contributed by atoms with E-state index in [0.29, 0.717) is 37.7 Å². The van der Waals surface area contributed by atoms with Crippen LogP contribution in [0, 0.1) is 11.8 Å². The van der Waals surface area contributed by atoms with Crippen molar-refractivity contribution in [1.82, 2.24) is 9.80 Å². The number of methoxy groups -OCH3 is 2. The van der Waals surface area contributed by atoms with E-state index in [1.54, 1.807) is 26.0 Å². The Morgan fingerprint density at radius 2 is 1.89 bits per heavy atom. The maximum Gasteiger partial charge on any atom is 0.312 e. The van der Waals surface area contributed by atoms with Gasteiger partial charge in [-0.3, -0.25) is 14.5 Å². The van der Waals surface area contributed by atoms with Crippen LogP contribution >= 0.6 is 0 Å². The molecule has 186 valence electrons. The maximum atomic E-state index is 13.8. The van der Waals surface area contributed by atoms with Crippen molar-refractivity contribution in [1.29, 1.82) is 0 Å². The summed E-state index contributed by atoms with van der Waals surface area (Å²) < 4.78 is 22.8. The van der Waals surface area contributed by atoms with Crippen LogP contribution in [-0.2, 0) is 32.2 Å². The maximum absolute atomic E-state index is 13.8. The fourth-order valence-electron chi connectivity index (χ4n) is 5.95. The van der Waals surface area contributed by atoms with Crippen molar-refractivity contribution in [3.05, 3.63) is 59.7 Å². The van der Waals surface area contributed by atoms with E-state index < -0.39 is 17.4 Å². The summed E-state index contributed by atoms with van der Waals surface area (Å²) in [6.45, 7) is 4.77. The third-order valence-corrected chi connectivity index (χ3v) is 7.34. The molecule has 35 heavy (non-hydrogen) atoms.